The molecule has 1 N–H and O–H groups in total. The lowest BCUT2D eigenvalue weighted by Gasteiger charge is -2.29. The minimum Gasteiger partial charge on any atom is -0.331 e. The highest BCUT2D eigenvalue weighted by molar-refractivity contribution is 7.71. The maximum atomic E-state index is 5.57. The predicted molar refractivity (Wildman–Crippen MR) is 83.1 cm³/mol. The molecule has 0 bridgehead atoms. The Balaban J connectivity index is 2.08. The van der Waals surface area contributed by atoms with E-state index in [0.29, 0.717) is 6.04 Å². The molecular formula is C16H22N2S. The number of aryl methyl sites for hydroxylation is 1. The van der Waals surface area contributed by atoms with Crippen molar-refractivity contribution in [2.24, 2.45) is 5.92 Å². The minimum absolute atomic E-state index is 0.502. The van der Waals surface area contributed by atoms with Crippen molar-refractivity contribution in [1.29, 1.82) is 0 Å². The Morgan fingerprint density at radius 3 is 2.74 bits per heavy atom. The Kier molecular flexibility index (Phi) is 3.48. The SMILES string of the molecule is Cc1cccc2[nH]c(=S)n(C(C)C3CCCCC3)c12. The maximum absolute atomic E-state index is 5.57. The highest BCUT2D eigenvalue weighted by atomic mass is 32.1. The van der Waals surface area contributed by atoms with Crippen LogP contribution in [0, 0.1) is 17.6 Å². The van der Waals surface area contributed by atoms with Gasteiger partial charge in [-0.3, -0.25) is 0 Å². The van der Waals surface area contributed by atoms with Crippen molar-refractivity contribution in [2.75, 3.05) is 0 Å². The van der Waals surface area contributed by atoms with E-state index < -0.39 is 0 Å². The fourth-order valence-corrected chi connectivity index (χ4v) is 3.94. The fraction of sp³-hybridized carbons (Fsp3) is 0.562. The normalized spacial score (nSPS) is 18.8. The van der Waals surface area contributed by atoms with Crippen molar-refractivity contribution in [2.45, 2.75) is 52.0 Å². The maximum Gasteiger partial charge on any atom is 0.178 e. The molecule has 1 unspecified atom stereocenters. The van der Waals surface area contributed by atoms with Crippen LogP contribution in [0.4, 0.5) is 0 Å². The summed E-state index contributed by atoms with van der Waals surface area (Å²) in [5.74, 6) is 0.777. The Bertz CT molecular complexity index is 632. The molecule has 1 heterocycles. The van der Waals surface area contributed by atoms with Crippen LogP contribution in [0.25, 0.3) is 11.0 Å². The van der Waals surface area contributed by atoms with Gasteiger partial charge in [-0.1, -0.05) is 31.4 Å². The van der Waals surface area contributed by atoms with Gasteiger partial charge in [-0.25, -0.2) is 0 Å². The monoisotopic (exact) mass is 274 g/mol. The summed E-state index contributed by atoms with van der Waals surface area (Å²) in [6.07, 6.45) is 6.86. The first-order chi connectivity index (χ1) is 9.18. The first kappa shape index (κ1) is 12.9. The average Bonchev–Trinajstić information content (AvgIpc) is 2.76. The van der Waals surface area contributed by atoms with Crippen molar-refractivity contribution in [3.8, 4) is 0 Å². The van der Waals surface area contributed by atoms with Gasteiger partial charge in [-0.05, 0) is 56.5 Å². The van der Waals surface area contributed by atoms with Gasteiger partial charge in [-0.15, -0.1) is 0 Å². The van der Waals surface area contributed by atoms with Crippen molar-refractivity contribution >= 4 is 23.3 Å². The van der Waals surface area contributed by atoms with E-state index in [9.17, 15) is 0 Å². The van der Waals surface area contributed by atoms with Crippen LogP contribution < -0.4 is 0 Å². The number of para-hydroxylation sites is 1. The number of aromatic amines is 1. The summed E-state index contributed by atoms with van der Waals surface area (Å²) < 4.78 is 3.23. The zero-order valence-electron chi connectivity index (χ0n) is 11.8. The van der Waals surface area contributed by atoms with Crippen molar-refractivity contribution in [3.63, 3.8) is 0 Å². The molecule has 1 aromatic heterocycles. The standard InChI is InChI=1S/C16H22N2S/c1-11-7-6-10-14-15(11)18(16(19)17-14)12(2)13-8-4-3-5-9-13/h6-7,10,12-13H,3-5,8-9H2,1-2H3,(H,17,19). The molecule has 0 radical (unpaired) electrons. The Morgan fingerprint density at radius 1 is 1.26 bits per heavy atom. The van der Waals surface area contributed by atoms with E-state index in [-0.39, 0.29) is 0 Å². The van der Waals surface area contributed by atoms with Gasteiger partial charge in [0.15, 0.2) is 4.77 Å². The molecule has 1 fully saturated rings. The second-order valence-electron chi connectivity index (χ2n) is 5.91. The van der Waals surface area contributed by atoms with E-state index in [2.05, 4.69) is 41.6 Å². The van der Waals surface area contributed by atoms with Crippen molar-refractivity contribution in [3.05, 3.63) is 28.5 Å². The molecule has 1 saturated carbocycles. The van der Waals surface area contributed by atoms with Crippen LogP contribution in [0.2, 0.25) is 0 Å². The molecule has 3 heteroatoms. The van der Waals surface area contributed by atoms with Crippen LogP contribution in [0.1, 0.15) is 50.6 Å². The minimum atomic E-state index is 0.502. The lowest BCUT2D eigenvalue weighted by molar-refractivity contribution is 0.266. The fourth-order valence-electron chi connectivity index (χ4n) is 3.57. The molecule has 0 saturated heterocycles. The van der Waals surface area contributed by atoms with E-state index >= 15 is 0 Å². The lowest BCUT2D eigenvalue weighted by Crippen LogP contribution is -2.19. The molecule has 1 atom stereocenters. The molecular weight excluding hydrogens is 252 g/mol. The molecule has 0 aliphatic heterocycles. The van der Waals surface area contributed by atoms with Crippen LogP contribution >= 0.6 is 12.2 Å². The van der Waals surface area contributed by atoms with E-state index in [4.69, 9.17) is 12.2 Å². The van der Waals surface area contributed by atoms with Crippen molar-refractivity contribution < 1.29 is 0 Å². The number of hydrogen-bond donors (Lipinski definition) is 1. The van der Waals surface area contributed by atoms with Crippen LogP contribution in [-0.4, -0.2) is 9.55 Å². The predicted octanol–water partition coefficient (Wildman–Crippen LogP) is 5.15. The number of imidazole rings is 1. The molecule has 2 nitrogen and oxygen atoms in total. The molecule has 1 aliphatic carbocycles. The highest BCUT2D eigenvalue weighted by Gasteiger charge is 2.23. The first-order valence-electron chi connectivity index (χ1n) is 7.38. The number of nitrogens with zero attached hydrogens (tertiary/aromatic N) is 1. The summed E-state index contributed by atoms with van der Waals surface area (Å²) in [6.45, 7) is 4.51. The van der Waals surface area contributed by atoms with Gasteiger partial charge < -0.3 is 9.55 Å². The summed E-state index contributed by atoms with van der Waals surface area (Å²) in [5.41, 5.74) is 3.78. The van der Waals surface area contributed by atoms with Gasteiger partial charge in [0.1, 0.15) is 0 Å². The molecule has 0 spiro atoms. The van der Waals surface area contributed by atoms with E-state index in [1.807, 2.05) is 0 Å². The number of aromatic nitrogens is 2. The molecule has 2 aromatic rings. The molecule has 3 rings (SSSR count). The summed E-state index contributed by atoms with van der Waals surface area (Å²) in [6, 6.07) is 6.90. The van der Waals surface area contributed by atoms with E-state index in [1.165, 1.54) is 48.7 Å². The van der Waals surface area contributed by atoms with Crippen LogP contribution in [0.15, 0.2) is 18.2 Å². The lowest BCUT2D eigenvalue weighted by atomic mass is 9.84. The Labute approximate surface area is 119 Å². The van der Waals surface area contributed by atoms with Gasteiger partial charge in [0.25, 0.3) is 0 Å². The third-order valence-corrected chi connectivity index (χ3v) is 4.98. The van der Waals surface area contributed by atoms with Crippen LogP contribution in [-0.2, 0) is 0 Å². The molecule has 19 heavy (non-hydrogen) atoms. The third-order valence-electron chi connectivity index (χ3n) is 4.68. The number of hydrogen-bond acceptors (Lipinski definition) is 1. The largest absolute Gasteiger partial charge is 0.331 e. The second kappa shape index (κ2) is 5.12. The summed E-state index contributed by atoms with van der Waals surface area (Å²) in [4.78, 5) is 3.37. The van der Waals surface area contributed by atoms with Gasteiger partial charge in [0.2, 0.25) is 0 Å². The van der Waals surface area contributed by atoms with E-state index in [0.717, 1.165) is 10.7 Å². The number of rotatable bonds is 2. The molecule has 1 aliphatic rings. The number of nitrogens with one attached hydrogen (secondary N) is 1. The van der Waals surface area contributed by atoms with Crippen LogP contribution in [0.3, 0.4) is 0 Å². The summed E-state index contributed by atoms with van der Waals surface area (Å²) in [5, 5.41) is 0. The number of benzene rings is 1. The van der Waals surface area contributed by atoms with E-state index in [1.54, 1.807) is 0 Å². The van der Waals surface area contributed by atoms with Crippen LogP contribution in [0.5, 0.6) is 0 Å². The molecule has 102 valence electrons. The van der Waals surface area contributed by atoms with Gasteiger partial charge >= 0.3 is 0 Å². The summed E-state index contributed by atoms with van der Waals surface area (Å²) in [7, 11) is 0. The van der Waals surface area contributed by atoms with Gasteiger partial charge in [0, 0.05) is 6.04 Å². The molecule has 1 aromatic carbocycles. The van der Waals surface area contributed by atoms with Gasteiger partial charge in [-0.2, -0.15) is 0 Å². The number of fused-ring (bicyclic) bond motifs is 1. The molecule has 0 amide bonds. The first-order valence-corrected chi connectivity index (χ1v) is 7.79. The number of H-pyrrole nitrogens is 1. The topological polar surface area (TPSA) is 20.7 Å². The zero-order valence-corrected chi connectivity index (χ0v) is 12.6. The Morgan fingerprint density at radius 2 is 2.00 bits per heavy atom. The average molecular weight is 274 g/mol. The smallest absolute Gasteiger partial charge is 0.178 e. The van der Waals surface area contributed by atoms with Crippen molar-refractivity contribution in [1.82, 2.24) is 9.55 Å². The van der Waals surface area contributed by atoms with Gasteiger partial charge in [0.05, 0.1) is 11.0 Å². The third kappa shape index (κ3) is 2.25. The second-order valence-corrected chi connectivity index (χ2v) is 6.30. The Hall–Kier alpha value is -1.09. The summed E-state index contributed by atoms with van der Waals surface area (Å²) >= 11 is 5.57. The highest BCUT2D eigenvalue weighted by Crippen LogP contribution is 2.35. The quantitative estimate of drug-likeness (QED) is 0.751. The zero-order chi connectivity index (χ0) is 13.4.